The minimum absolute atomic E-state index is 0.0511. The normalized spacial score (nSPS) is 18.5. The number of hydrogen-bond acceptors (Lipinski definition) is 7. The third-order valence-electron chi connectivity index (χ3n) is 6.32. The molecule has 0 bridgehead atoms. The molecule has 36 heavy (non-hydrogen) atoms. The molecule has 1 saturated heterocycles. The first-order valence-electron chi connectivity index (χ1n) is 12.0. The third-order valence-corrected chi connectivity index (χ3v) is 7.23. The fourth-order valence-electron chi connectivity index (χ4n) is 4.51. The van der Waals surface area contributed by atoms with Crippen LogP contribution >= 0.6 is 0 Å². The van der Waals surface area contributed by atoms with Crippen LogP contribution in [0, 0.1) is 0 Å². The van der Waals surface area contributed by atoms with Crippen molar-refractivity contribution in [1.82, 2.24) is 0 Å². The first-order valence-corrected chi connectivity index (χ1v) is 14.1. The Hall–Kier alpha value is -3.11. The van der Waals surface area contributed by atoms with E-state index < -0.39 is 15.9 Å². The molecule has 1 fully saturated rings. The lowest BCUT2D eigenvalue weighted by atomic mass is 10.0. The Morgan fingerprint density at radius 1 is 1.03 bits per heavy atom. The highest BCUT2D eigenvalue weighted by atomic mass is 32.2. The van der Waals surface area contributed by atoms with Gasteiger partial charge in [0.2, 0.25) is 5.91 Å². The van der Waals surface area contributed by atoms with Gasteiger partial charge in [0.25, 0.3) is 0 Å². The van der Waals surface area contributed by atoms with E-state index in [0.717, 1.165) is 11.1 Å². The van der Waals surface area contributed by atoms with E-state index in [1.54, 1.807) is 21.9 Å². The topological polar surface area (TPSA) is 102 Å². The van der Waals surface area contributed by atoms with Gasteiger partial charge in [-0.15, -0.1) is 0 Å². The molecule has 4 rings (SSSR count). The van der Waals surface area contributed by atoms with Crippen LogP contribution in [-0.4, -0.2) is 70.9 Å². The SMILES string of the molecule is CC(=O)N1c2ccc(-c3ccc(OCCS(C)(=O)=O)cc3)cc2N(C(=O)OC2CCOCC2)C[C@@H]1C. The van der Waals surface area contributed by atoms with E-state index in [4.69, 9.17) is 14.2 Å². The highest BCUT2D eigenvalue weighted by Crippen LogP contribution is 2.39. The molecule has 0 aliphatic carbocycles. The van der Waals surface area contributed by atoms with Crippen molar-refractivity contribution in [2.75, 3.05) is 48.2 Å². The monoisotopic (exact) mass is 516 g/mol. The van der Waals surface area contributed by atoms with Gasteiger partial charge in [0.1, 0.15) is 18.5 Å². The van der Waals surface area contributed by atoms with Crippen LogP contribution in [0.15, 0.2) is 42.5 Å². The van der Waals surface area contributed by atoms with Crippen molar-refractivity contribution in [1.29, 1.82) is 0 Å². The van der Waals surface area contributed by atoms with E-state index in [9.17, 15) is 18.0 Å². The second-order valence-electron chi connectivity index (χ2n) is 9.25. The zero-order valence-electron chi connectivity index (χ0n) is 20.8. The van der Waals surface area contributed by atoms with E-state index in [-0.39, 0.29) is 30.4 Å². The first-order chi connectivity index (χ1) is 17.1. The summed E-state index contributed by atoms with van der Waals surface area (Å²) in [6, 6.07) is 12.7. The van der Waals surface area contributed by atoms with Crippen molar-refractivity contribution in [2.24, 2.45) is 0 Å². The van der Waals surface area contributed by atoms with E-state index in [2.05, 4.69) is 0 Å². The maximum Gasteiger partial charge on any atom is 0.414 e. The smallest absolute Gasteiger partial charge is 0.414 e. The molecule has 2 aliphatic heterocycles. The van der Waals surface area contributed by atoms with Gasteiger partial charge in [-0.2, -0.15) is 0 Å². The fourth-order valence-corrected chi connectivity index (χ4v) is 4.90. The van der Waals surface area contributed by atoms with Gasteiger partial charge in [0.05, 0.1) is 36.4 Å². The van der Waals surface area contributed by atoms with Gasteiger partial charge >= 0.3 is 6.09 Å². The van der Waals surface area contributed by atoms with Gasteiger partial charge in [0.15, 0.2) is 9.84 Å². The molecular formula is C26H32N2O7S. The highest BCUT2D eigenvalue weighted by molar-refractivity contribution is 7.90. The van der Waals surface area contributed by atoms with Crippen molar-refractivity contribution >= 4 is 33.2 Å². The lowest BCUT2D eigenvalue weighted by Gasteiger charge is -2.41. The number of carbonyl (C=O) groups excluding carboxylic acids is 2. The molecule has 2 heterocycles. The van der Waals surface area contributed by atoms with E-state index in [0.29, 0.717) is 49.7 Å². The molecule has 194 valence electrons. The van der Waals surface area contributed by atoms with E-state index in [1.165, 1.54) is 13.2 Å². The second-order valence-corrected chi connectivity index (χ2v) is 11.5. The molecular weight excluding hydrogens is 484 g/mol. The summed E-state index contributed by atoms with van der Waals surface area (Å²) >= 11 is 0. The minimum Gasteiger partial charge on any atom is -0.493 e. The molecule has 0 aromatic heterocycles. The molecule has 2 aromatic carbocycles. The average Bonchev–Trinajstić information content (AvgIpc) is 2.83. The number of nitrogens with zero attached hydrogens (tertiary/aromatic N) is 2. The summed E-state index contributed by atoms with van der Waals surface area (Å²) in [7, 11) is -3.09. The number of hydrogen-bond donors (Lipinski definition) is 0. The van der Waals surface area contributed by atoms with Crippen molar-refractivity contribution in [3.63, 3.8) is 0 Å². The molecule has 0 N–H and O–H groups in total. The summed E-state index contributed by atoms with van der Waals surface area (Å²) in [5.41, 5.74) is 3.03. The van der Waals surface area contributed by atoms with Gasteiger partial charge in [-0.25, -0.2) is 13.2 Å². The van der Waals surface area contributed by atoms with Gasteiger partial charge in [-0.3, -0.25) is 9.69 Å². The van der Waals surface area contributed by atoms with Crippen molar-refractivity contribution in [3.05, 3.63) is 42.5 Å². The highest BCUT2D eigenvalue weighted by Gasteiger charge is 2.35. The molecule has 0 unspecified atom stereocenters. The maximum absolute atomic E-state index is 13.2. The Bertz CT molecular complexity index is 1210. The van der Waals surface area contributed by atoms with Gasteiger partial charge in [-0.1, -0.05) is 18.2 Å². The fraction of sp³-hybridized carbons (Fsp3) is 0.462. The lowest BCUT2D eigenvalue weighted by Crippen LogP contribution is -2.52. The number of amides is 2. The zero-order chi connectivity index (χ0) is 25.9. The van der Waals surface area contributed by atoms with Crippen LogP contribution in [0.4, 0.5) is 16.2 Å². The van der Waals surface area contributed by atoms with Crippen LogP contribution in [0.25, 0.3) is 11.1 Å². The number of anilines is 2. The first kappa shape index (κ1) is 26.0. The molecule has 0 radical (unpaired) electrons. The number of ether oxygens (including phenoxy) is 3. The molecule has 2 amide bonds. The van der Waals surface area contributed by atoms with Crippen LogP contribution in [0.2, 0.25) is 0 Å². The average molecular weight is 517 g/mol. The summed E-state index contributed by atoms with van der Waals surface area (Å²) in [5.74, 6) is 0.424. The van der Waals surface area contributed by atoms with Gasteiger partial charge in [-0.05, 0) is 42.3 Å². The number of sulfone groups is 1. The molecule has 0 saturated carbocycles. The quantitative estimate of drug-likeness (QED) is 0.577. The second kappa shape index (κ2) is 10.9. The molecule has 9 nitrogen and oxygen atoms in total. The van der Waals surface area contributed by atoms with Crippen LogP contribution in [0.3, 0.4) is 0 Å². The summed E-state index contributed by atoms with van der Waals surface area (Å²) in [5, 5.41) is 0. The number of benzene rings is 2. The Balaban J connectivity index is 1.59. The number of rotatable bonds is 6. The van der Waals surface area contributed by atoms with Crippen LogP contribution in [0.5, 0.6) is 5.75 Å². The maximum atomic E-state index is 13.2. The van der Waals surface area contributed by atoms with Gasteiger partial charge in [0, 0.05) is 32.6 Å². The van der Waals surface area contributed by atoms with Crippen LogP contribution in [-0.2, 0) is 24.1 Å². The zero-order valence-corrected chi connectivity index (χ0v) is 21.6. The van der Waals surface area contributed by atoms with Crippen molar-refractivity contribution in [3.8, 4) is 16.9 Å². The van der Waals surface area contributed by atoms with Crippen LogP contribution in [0.1, 0.15) is 26.7 Å². The van der Waals surface area contributed by atoms with Crippen molar-refractivity contribution in [2.45, 2.75) is 38.8 Å². The summed E-state index contributed by atoms with van der Waals surface area (Å²) in [6.07, 6.45) is 1.89. The van der Waals surface area contributed by atoms with E-state index >= 15 is 0 Å². The molecule has 10 heteroatoms. The Morgan fingerprint density at radius 3 is 2.33 bits per heavy atom. The largest absolute Gasteiger partial charge is 0.493 e. The number of carbonyl (C=O) groups is 2. The third kappa shape index (κ3) is 6.17. The summed E-state index contributed by atoms with van der Waals surface area (Å²) in [6.45, 7) is 4.98. The van der Waals surface area contributed by atoms with Gasteiger partial charge < -0.3 is 19.1 Å². The predicted molar refractivity (Wildman–Crippen MR) is 137 cm³/mol. The predicted octanol–water partition coefficient (Wildman–Crippen LogP) is 3.65. The molecule has 2 aromatic rings. The minimum atomic E-state index is -3.09. The van der Waals surface area contributed by atoms with Crippen molar-refractivity contribution < 1.29 is 32.2 Å². The summed E-state index contributed by atoms with van der Waals surface area (Å²) < 4.78 is 39.3. The van der Waals surface area contributed by atoms with E-state index in [1.807, 2.05) is 37.3 Å². The summed E-state index contributed by atoms with van der Waals surface area (Å²) in [4.78, 5) is 29.0. The van der Waals surface area contributed by atoms with Crippen LogP contribution < -0.4 is 14.5 Å². The molecule has 2 aliphatic rings. The Morgan fingerprint density at radius 2 is 1.69 bits per heavy atom. The number of fused-ring (bicyclic) bond motifs is 1. The Kier molecular flexibility index (Phi) is 7.85. The lowest BCUT2D eigenvalue weighted by molar-refractivity contribution is -0.117. The standard InChI is InChI=1S/C26H32N2O7S/c1-18-17-27(26(30)35-23-10-12-33-13-11-23)25-16-21(6-9-24(25)28(18)19(2)29)20-4-7-22(8-5-20)34-14-15-36(3,31)32/h4-9,16,18,23H,10-15,17H2,1-3H3/t18-/m0/s1. The molecule has 1 atom stereocenters. The molecule has 0 spiro atoms. The Labute approximate surface area is 211 Å².